The SMILES string of the molecule is CN1CCc2nc(Cl)cc(OCc3ccccc3)c2S1. The predicted molar refractivity (Wildman–Crippen MR) is 82.2 cm³/mol. The van der Waals surface area contributed by atoms with Gasteiger partial charge in [-0.05, 0) is 24.6 Å². The summed E-state index contributed by atoms with van der Waals surface area (Å²) in [6.07, 6.45) is 0.904. The third kappa shape index (κ3) is 3.08. The molecule has 20 heavy (non-hydrogen) atoms. The predicted octanol–water partition coefficient (Wildman–Crippen LogP) is 3.81. The summed E-state index contributed by atoms with van der Waals surface area (Å²) in [6.45, 7) is 1.51. The topological polar surface area (TPSA) is 25.4 Å². The van der Waals surface area contributed by atoms with Crippen LogP contribution in [0.3, 0.4) is 0 Å². The summed E-state index contributed by atoms with van der Waals surface area (Å²) in [7, 11) is 2.07. The second-order valence-corrected chi connectivity index (χ2v) is 6.29. The van der Waals surface area contributed by atoms with Crippen LogP contribution in [0.15, 0.2) is 41.3 Å². The van der Waals surface area contributed by atoms with Crippen molar-refractivity contribution in [3.05, 3.63) is 52.8 Å². The first-order valence-corrected chi connectivity index (χ1v) is 7.63. The molecule has 2 aromatic rings. The van der Waals surface area contributed by atoms with Crippen molar-refractivity contribution >= 4 is 23.5 Å². The number of rotatable bonds is 3. The molecule has 0 saturated carbocycles. The normalized spacial score (nSPS) is 14.9. The fourth-order valence-corrected chi connectivity index (χ4v) is 3.26. The van der Waals surface area contributed by atoms with E-state index in [9.17, 15) is 0 Å². The van der Waals surface area contributed by atoms with Crippen molar-refractivity contribution in [2.45, 2.75) is 17.9 Å². The molecule has 0 bridgehead atoms. The average molecular weight is 307 g/mol. The molecule has 1 aromatic carbocycles. The molecular formula is C15H15ClN2OS. The molecule has 3 rings (SSSR count). The summed E-state index contributed by atoms with van der Waals surface area (Å²) in [6, 6.07) is 11.9. The molecule has 1 aliphatic rings. The lowest BCUT2D eigenvalue weighted by Gasteiger charge is -2.25. The molecule has 2 heterocycles. The van der Waals surface area contributed by atoms with E-state index >= 15 is 0 Å². The molecule has 0 fully saturated rings. The maximum Gasteiger partial charge on any atom is 0.139 e. The minimum atomic E-state index is 0.497. The summed E-state index contributed by atoms with van der Waals surface area (Å²) in [5.41, 5.74) is 2.17. The third-order valence-electron chi connectivity index (χ3n) is 3.13. The molecule has 5 heteroatoms. The number of pyridine rings is 1. The van der Waals surface area contributed by atoms with Crippen LogP contribution in [0, 0.1) is 0 Å². The van der Waals surface area contributed by atoms with Crippen molar-refractivity contribution in [2.24, 2.45) is 0 Å². The van der Waals surface area contributed by atoms with E-state index in [0.717, 1.165) is 34.9 Å². The minimum Gasteiger partial charge on any atom is -0.487 e. The van der Waals surface area contributed by atoms with Gasteiger partial charge < -0.3 is 4.74 Å². The fourth-order valence-electron chi connectivity index (χ4n) is 2.10. The van der Waals surface area contributed by atoms with Gasteiger partial charge >= 0.3 is 0 Å². The molecule has 0 aliphatic carbocycles. The van der Waals surface area contributed by atoms with Crippen LogP contribution < -0.4 is 4.74 Å². The first-order chi connectivity index (χ1) is 9.72. The maximum absolute atomic E-state index is 6.09. The average Bonchev–Trinajstić information content (AvgIpc) is 2.46. The number of nitrogens with zero attached hydrogens (tertiary/aromatic N) is 2. The van der Waals surface area contributed by atoms with Crippen LogP contribution in [0.5, 0.6) is 5.75 Å². The first kappa shape index (κ1) is 13.7. The van der Waals surface area contributed by atoms with Crippen molar-refractivity contribution in [1.82, 2.24) is 9.29 Å². The van der Waals surface area contributed by atoms with Gasteiger partial charge in [0.2, 0.25) is 0 Å². The Morgan fingerprint density at radius 3 is 2.95 bits per heavy atom. The smallest absolute Gasteiger partial charge is 0.139 e. The van der Waals surface area contributed by atoms with Crippen LogP contribution in [0.2, 0.25) is 5.15 Å². The van der Waals surface area contributed by atoms with Crippen LogP contribution in [0.4, 0.5) is 0 Å². The van der Waals surface area contributed by atoms with Crippen molar-refractivity contribution in [2.75, 3.05) is 13.6 Å². The van der Waals surface area contributed by atoms with Crippen molar-refractivity contribution in [3.8, 4) is 5.75 Å². The van der Waals surface area contributed by atoms with Crippen LogP contribution in [-0.4, -0.2) is 22.9 Å². The molecule has 0 atom stereocenters. The number of hydrogen-bond acceptors (Lipinski definition) is 4. The molecule has 0 spiro atoms. The molecule has 0 unspecified atom stereocenters. The van der Waals surface area contributed by atoms with Gasteiger partial charge in [0.05, 0.1) is 10.6 Å². The van der Waals surface area contributed by atoms with Gasteiger partial charge in [0.1, 0.15) is 17.5 Å². The van der Waals surface area contributed by atoms with Gasteiger partial charge in [-0.25, -0.2) is 9.29 Å². The van der Waals surface area contributed by atoms with Gasteiger partial charge in [-0.1, -0.05) is 41.9 Å². The lowest BCUT2D eigenvalue weighted by atomic mass is 10.2. The van der Waals surface area contributed by atoms with Gasteiger partial charge in [-0.3, -0.25) is 0 Å². The molecule has 0 amide bonds. The zero-order valence-electron chi connectivity index (χ0n) is 11.2. The lowest BCUT2D eigenvalue weighted by molar-refractivity contribution is 0.296. The molecular weight excluding hydrogens is 292 g/mol. The Morgan fingerprint density at radius 2 is 2.15 bits per heavy atom. The van der Waals surface area contributed by atoms with Gasteiger partial charge in [0.25, 0.3) is 0 Å². The number of likely N-dealkylation sites (N-methyl/N-ethyl adjacent to an activating group) is 1. The second kappa shape index (κ2) is 6.04. The maximum atomic E-state index is 6.09. The number of aromatic nitrogens is 1. The van der Waals surface area contributed by atoms with Crippen LogP contribution in [0.25, 0.3) is 0 Å². The molecule has 0 saturated heterocycles. The largest absolute Gasteiger partial charge is 0.487 e. The van der Waals surface area contributed by atoms with Gasteiger partial charge in [-0.15, -0.1) is 0 Å². The van der Waals surface area contributed by atoms with E-state index in [1.807, 2.05) is 18.2 Å². The molecule has 1 aliphatic heterocycles. The summed E-state index contributed by atoms with van der Waals surface area (Å²) < 4.78 is 8.14. The minimum absolute atomic E-state index is 0.497. The van der Waals surface area contributed by atoms with E-state index in [1.165, 1.54) is 0 Å². The quantitative estimate of drug-likeness (QED) is 0.636. The molecule has 3 nitrogen and oxygen atoms in total. The van der Waals surface area contributed by atoms with Gasteiger partial charge in [0.15, 0.2) is 0 Å². The Bertz CT molecular complexity index is 606. The highest BCUT2D eigenvalue weighted by atomic mass is 35.5. The van der Waals surface area contributed by atoms with Crippen LogP contribution in [-0.2, 0) is 13.0 Å². The van der Waals surface area contributed by atoms with E-state index in [2.05, 4.69) is 28.5 Å². The first-order valence-electron chi connectivity index (χ1n) is 6.47. The Morgan fingerprint density at radius 1 is 1.35 bits per heavy atom. The van der Waals surface area contributed by atoms with E-state index in [0.29, 0.717) is 11.8 Å². The Balaban J connectivity index is 1.84. The zero-order valence-corrected chi connectivity index (χ0v) is 12.7. The molecule has 0 N–H and O–H groups in total. The third-order valence-corrected chi connectivity index (χ3v) is 4.43. The lowest BCUT2D eigenvalue weighted by Crippen LogP contribution is -2.20. The summed E-state index contributed by atoms with van der Waals surface area (Å²) in [5.74, 6) is 0.820. The van der Waals surface area contributed by atoms with Crippen molar-refractivity contribution in [1.29, 1.82) is 0 Å². The highest BCUT2D eigenvalue weighted by molar-refractivity contribution is 7.97. The highest BCUT2D eigenvalue weighted by Crippen LogP contribution is 2.38. The van der Waals surface area contributed by atoms with E-state index < -0.39 is 0 Å². The second-order valence-electron chi connectivity index (χ2n) is 4.69. The number of benzene rings is 1. The summed E-state index contributed by atoms with van der Waals surface area (Å²) in [5, 5.41) is 0.497. The zero-order chi connectivity index (χ0) is 13.9. The number of ether oxygens (including phenoxy) is 1. The van der Waals surface area contributed by atoms with Gasteiger partial charge in [-0.2, -0.15) is 0 Å². The van der Waals surface area contributed by atoms with Crippen LogP contribution >= 0.6 is 23.5 Å². The molecule has 104 valence electrons. The number of hydrogen-bond donors (Lipinski definition) is 0. The Hall–Kier alpha value is -1.23. The van der Waals surface area contributed by atoms with E-state index in [4.69, 9.17) is 16.3 Å². The fraction of sp³-hybridized carbons (Fsp3) is 0.267. The monoisotopic (exact) mass is 306 g/mol. The van der Waals surface area contributed by atoms with Crippen molar-refractivity contribution in [3.63, 3.8) is 0 Å². The van der Waals surface area contributed by atoms with Crippen molar-refractivity contribution < 1.29 is 4.74 Å². The summed E-state index contributed by atoms with van der Waals surface area (Å²) >= 11 is 7.76. The summed E-state index contributed by atoms with van der Waals surface area (Å²) in [4.78, 5) is 5.48. The van der Waals surface area contributed by atoms with E-state index in [1.54, 1.807) is 18.0 Å². The number of fused-ring (bicyclic) bond motifs is 1. The van der Waals surface area contributed by atoms with Gasteiger partial charge in [0, 0.05) is 19.0 Å². The molecule has 1 aromatic heterocycles. The Kier molecular flexibility index (Phi) is 4.15. The molecule has 0 radical (unpaired) electrons. The number of halogens is 1. The highest BCUT2D eigenvalue weighted by Gasteiger charge is 2.21. The Labute approximate surface area is 128 Å². The standard InChI is InChI=1S/C15H15ClN2OS/c1-18-8-7-12-15(20-18)13(9-14(16)17-12)19-10-11-5-3-2-4-6-11/h2-6,9H,7-8,10H2,1H3. The van der Waals surface area contributed by atoms with E-state index in [-0.39, 0.29) is 0 Å². The van der Waals surface area contributed by atoms with Crippen LogP contribution in [0.1, 0.15) is 11.3 Å².